The number of ether oxygens (including phenoxy) is 4. The number of rotatable bonds is 45. The van der Waals surface area contributed by atoms with E-state index in [9.17, 15) is 111 Å². The number of thiocarbonyl (C=S) groups is 4. The van der Waals surface area contributed by atoms with E-state index in [-0.39, 0.29) is 145 Å². The van der Waals surface area contributed by atoms with Gasteiger partial charge in [-0.05, 0) is 70.8 Å². The first-order valence-corrected chi connectivity index (χ1v) is 46.8. The van der Waals surface area contributed by atoms with Gasteiger partial charge in [0.15, 0.2) is 11.4 Å². The fraction of sp³-hybridized carbons (Fsp3) is 0.446. The average Bonchev–Trinajstić information content (AvgIpc) is 0.844. The molecule has 8 unspecified atom stereocenters. The number of esters is 3. The van der Waals surface area contributed by atoms with E-state index in [1.807, 2.05) is 0 Å². The maximum Gasteiger partial charge on any atom is 1.00 e. The largest absolute Gasteiger partial charge is 1.00 e. The fourth-order valence-corrected chi connectivity index (χ4v) is 21.2. The third kappa shape index (κ3) is 38.0. The summed E-state index contributed by atoms with van der Waals surface area (Å²) < 4.78 is 163. The number of carbonyl (C=O) groups is 8. The Balaban J connectivity index is 0.0000209. The molecule has 4 aromatic carbocycles. The summed E-state index contributed by atoms with van der Waals surface area (Å²) in [5.74, 6) is -17.0. The molecule has 4 aromatic rings. The summed E-state index contributed by atoms with van der Waals surface area (Å²) in [4.78, 5) is 101. The zero-order valence-electron chi connectivity index (χ0n) is 59.6. The van der Waals surface area contributed by atoms with Gasteiger partial charge in [-0.25, -0.2) is 33.7 Å². The Kier molecular flexibility index (Phi) is 47.6. The Morgan fingerprint density at radius 2 is 0.550 bits per heavy atom. The molecule has 0 saturated carbocycles. The third-order valence-electron chi connectivity index (χ3n) is 16.0. The number of hydrogen-bond acceptors (Lipinski definition) is 40. The van der Waals surface area contributed by atoms with Gasteiger partial charge >= 0.3 is 77.0 Å². The standard InChI is InChI=1S/C65H76O28S16.2Na/c1-37(57(70)71)50(41-5-13-46(14-6-41)106(78,79)80)30-102-61(94)98-25-21-45(66)29-93-65(34-90-54(67)22-26-99-62(95)103-31-51(38(2)58(72)73)42-7-15-47(16-8-42)107(81,82)83,35-91-55(68)23-27-100-63(96)104-32-52(39(3)59(74)75)43-9-17-48(18-10-43)108(84,85)86)36-92-56(69)24-28-101-64(97)105-33-53(40(4)60(76)77)44-11-19-49(20-12-44)109(87,88)89;;/h5-20,37-40,50-53H,21-36H2,1-4H3,(H,70,71)(H,72,73)(H,74,75)(H,76,77)(H,78,79,80)(H,81,82,83)(H,84,85,86)(H,87,88,89);;/q;2*+1/p-8. The first-order chi connectivity index (χ1) is 50.8. The number of Topliss-reactive ketones (excluding diaryl/α,β-unsaturated/α-hetero) is 1. The van der Waals surface area contributed by atoms with Crippen molar-refractivity contribution in [1.82, 2.24) is 0 Å². The van der Waals surface area contributed by atoms with Crippen molar-refractivity contribution >= 4 is 245 Å². The quantitative estimate of drug-likeness (QED) is 0.0165. The van der Waals surface area contributed by atoms with Gasteiger partial charge in [-0.15, -0.1) is 94.1 Å². The predicted octanol–water partition coefficient (Wildman–Crippen LogP) is -1.19. The summed E-state index contributed by atoms with van der Waals surface area (Å²) in [6.45, 7) is 2.01. The van der Waals surface area contributed by atoms with E-state index in [2.05, 4.69) is 0 Å². The normalized spacial score (nSPS) is 14.5. The van der Waals surface area contributed by atoms with Crippen molar-refractivity contribution in [3.05, 3.63) is 119 Å². The zero-order valence-corrected chi connectivity index (χ0v) is 76.7. The summed E-state index contributed by atoms with van der Waals surface area (Å²) in [5.41, 5.74) is -0.763. The first kappa shape index (κ1) is 105. The molecule has 46 heteroatoms. The van der Waals surface area contributed by atoms with Crippen LogP contribution in [0.1, 0.15) is 99.3 Å². The first-order valence-electron chi connectivity index (χ1n) is 31.7. The van der Waals surface area contributed by atoms with Gasteiger partial charge in [0.2, 0.25) is 0 Å². The molecule has 0 fully saturated rings. The molecule has 0 radical (unpaired) electrons. The van der Waals surface area contributed by atoms with Crippen LogP contribution in [0.3, 0.4) is 0 Å². The Bertz CT molecular complexity index is 3810. The summed E-state index contributed by atoms with van der Waals surface area (Å²) in [6, 6.07) is 18.6. The van der Waals surface area contributed by atoms with Crippen molar-refractivity contribution in [2.24, 2.45) is 23.7 Å². The maximum absolute atomic E-state index is 13.8. The Hall–Kier alpha value is -2.40. The number of ketones is 1. The van der Waals surface area contributed by atoms with Crippen LogP contribution in [-0.2, 0) is 97.8 Å². The molecule has 0 N–H and O–H groups in total. The van der Waals surface area contributed by atoms with Gasteiger partial charge < -0.3 is 76.8 Å². The molecule has 0 amide bonds. The molecular weight excluding hydrogens is 1790 g/mol. The molecule has 28 nitrogen and oxygen atoms in total. The number of hydrogen-bond donors (Lipinski definition) is 0. The van der Waals surface area contributed by atoms with E-state index in [4.69, 9.17) is 67.8 Å². The molecule has 0 saturated heterocycles. The predicted molar refractivity (Wildman–Crippen MR) is 420 cm³/mol. The molecule has 600 valence electrons. The molecule has 111 heavy (non-hydrogen) atoms. The number of carbonyl (C=O) groups excluding carboxylic acids is 8. The molecule has 0 aliphatic rings. The van der Waals surface area contributed by atoms with E-state index in [1.54, 1.807) is 0 Å². The molecular formula is C65H68Na2O28S16-6. The monoisotopic (exact) mass is 1850 g/mol. The van der Waals surface area contributed by atoms with Crippen LogP contribution in [0.5, 0.6) is 0 Å². The van der Waals surface area contributed by atoms with Crippen LogP contribution in [0.2, 0.25) is 0 Å². The molecule has 0 spiro atoms. The van der Waals surface area contributed by atoms with Gasteiger partial charge in [0.05, 0.1) is 38.8 Å². The van der Waals surface area contributed by atoms with Crippen molar-refractivity contribution in [2.75, 3.05) is 72.5 Å². The average molecular weight is 1860 g/mol. The van der Waals surface area contributed by atoms with Crippen LogP contribution in [0.4, 0.5) is 0 Å². The minimum Gasteiger partial charge on any atom is -0.744 e. The maximum atomic E-state index is 13.8. The molecule has 0 aromatic heterocycles. The SMILES string of the molecule is CC(C(=O)[O-])C(CSC(=S)SCCC(=O)COC(COC(=O)CCSC(=S)SCC(c1ccc(S(=O)(=O)[O-])cc1)C(C)C(=O)[O-])(COC(=O)CCSC(=S)SCC(c1ccc(S(=O)(=O)[O-])cc1)C(C)C(=O)[O-])COC(=O)CCSC(=S)SCC(c1ccc(S(=O)(=O)[O-])cc1)C(C)C(=O)[O-])c1ccc(S(=O)(=O)[O-])cc1.[Na+].[Na+]. The van der Waals surface area contributed by atoms with Gasteiger partial charge in [0.25, 0.3) is 0 Å². The second kappa shape index (κ2) is 50.5. The van der Waals surface area contributed by atoms with Crippen molar-refractivity contribution in [3.8, 4) is 0 Å². The van der Waals surface area contributed by atoms with Crippen LogP contribution in [0.25, 0.3) is 0 Å². The van der Waals surface area contributed by atoms with Crippen LogP contribution in [-0.4, -0.2) is 192 Å². The van der Waals surface area contributed by atoms with E-state index >= 15 is 0 Å². The van der Waals surface area contributed by atoms with E-state index < -0.39 is 187 Å². The third-order valence-corrected chi connectivity index (χ3v) is 30.7. The van der Waals surface area contributed by atoms with Gasteiger partial charge in [0.1, 0.15) is 81.0 Å². The summed E-state index contributed by atoms with van der Waals surface area (Å²) in [5, 5.41) is 48.1. The molecule has 0 bridgehead atoms. The molecule has 8 atom stereocenters. The van der Waals surface area contributed by atoms with Crippen molar-refractivity contribution in [1.29, 1.82) is 0 Å². The van der Waals surface area contributed by atoms with Gasteiger partial charge in [-0.3, -0.25) is 19.2 Å². The minimum atomic E-state index is -4.82. The zero-order chi connectivity index (χ0) is 81.8. The smallest absolute Gasteiger partial charge is 0.744 e. The number of carboxylic acid groups (broad SMARTS) is 4. The topological polar surface area (TPSA) is 495 Å². The van der Waals surface area contributed by atoms with E-state index in [0.29, 0.717) is 22.3 Å². The second-order valence-electron chi connectivity index (χ2n) is 23.6. The minimum absolute atomic E-state index is 0. The molecule has 4 rings (SSSR count). The Labute approximate surface area is 742 Å². The van der Waals surface area contributed by atoms with Crippen molar-refractivity contribution in [3.63, 3.8) is 0 Å². The number of aliphatic carboxylic acids is 4. The molecule has 0 aliphatic heterocycles. The van der Waals surface area contributed by atoms with Gasteiger partial charge in [0, 0.05) is 124 Å². The van der Waals surface area contributed by atoms with Crippen molar-refractivity contribution < 1.29 is 189 Å². The van der Waals surface area contributed by atoms with Gasteiger partial charge in [-0.2, -0.15) is 0 Å². The molecule has 0 aliphatic carbocycles. The second-order valence-corrected chi connectivity index (χ2v) is 42.4. The summed E-state index contributed by atoms with van der Waals surface area (Å²) in [7, 11) is -19.3. The number of thioether (sulfide) groups is 8. The Morgan fingerprint density at radius 1 is 0.351 bits per heavy atom. The van der Waals surface area contributed by atoms with Gasteiger partial charge in [-0.1, -0.05) is 125 Å². The van der Waals surface area contributed by atoms with E-state index in [1.165, 1.54) is 76.2 Å². The molecule has 0 heterocycles. The summed E-state index contributed by atoms with van der Waals surface area (Å²) >= 11 is 30.2. The number of carboxylic acids is 4. The van der Waals surface area contributed by atoms with Crippen LogP contribution < -0.4 is 79.5 Å². The summed E-state index contributed by atoms with van der Waals surface area (Å²) in [6.07, 6.45) is -1.43. The van der Waals surface area contributed by atoms with Crippen molar-refractivity contribution in [2.45, 2.75) is 102 Å². The van der Waals surface area contributed by atoms with Crippen LogP contribution >= 0.6 is 143 Å². The Morgan fingerprint density at radius 3 is 0.739 bits per heavy atom. The van der Waals surface area contributed by atoms with Crippen LogP contribution in [0.15, 0.2) is 117 Å². The van der Waals surface area contributed by atoms with E-state index in [0.717, 1.165) is 143 Å². The fourth-order valence-electron chi connectivity index (χ4n) is 9.41. The number of benzene rings is 4. The van der Waals surface area contributed by atoms with Crippen LogP contribution in [0, 0.1) is 23.7 Å².